The highest BCUT2D eigenvalue weighted by Gasteiger charge is 2.19. The summed E-state index contributed by atoms with van der Waals surface area (Å²) in [5.41, 5.74) is -0.159. The second kappa shape index (κ2) is 6.22. The molecule has 0 fully saturated rings. The molecule has 1 unspecified atom stereocenters. The van der Waals surface area contributed by atoms with Crippen LogP contribution in [0.2, 0.25) is 0 Å². The molecule has 0 bridgehead atoms. The van der Waals surface area contributed by atoms with Crippen LogP contribution >= 0.6 is 0 Å². The van der Waals surface area contributed by atoms with Crippen LogP contribution in [0.5, 0.6) is 0 Å². The van der Waals surface area contributed by atoms with E-state index in [0.29, 0.717) is 5.56 Å². The summed E-state index contributed by atoms with van der Waals surface area (Å²) in [7, 11) is 0. The van der Waals surface area contributed by atoms with Crippen molar-refractivity contribution in [2.75, 3.05) is 0 Å². The number of amides is 1. The van der Waals surface area contributed by atoms with Gasteiger partial charge in [-0.3, -0.25) is 5.32 Å². The lowest BCUT2D eigenvalue weighted by Gasteiger charge is -2.21. The van der Waals surface area contributed by atoms with Gasteiger partial charge in [0.2, 0.25) is 0 Å². The number of carbonyl (C=O) groups is 2. The summed E-state index contributed by atoms with van der Waals surface area (Å²) in [5, 5.41) is 2.43. The molecule has 0 aliphatic carbocycles. The van der Waals surface area contributed by atoms with Crippen LogP contribution in [0.4, 0.5) is 4.79 Å². The summed E-state index contributed by atoms with van der Waals surface area (Å²) in [6.45, 7) is 6.83. The van der Waals surface area contributed by atoms with E-state index in [1.165, 1.54) is 0 Å². The van der Waals surface area contributed by atoms with Gasteiger partial charge in [-0.25, -0.2) is 9.59 Å². The van der Waals surface area contributed by atoms with Crippen LogP contribution < -0.4 is 5.32 Å². The monoisotopic (exact) mass is 265 g/mol. The molecule has 0 radical (unpaired) electrons. The molecule has 0 saturated heterocycles. The molecular formula is C14H19NO4. The maximum absolute atomic E-state index is 11.7. The van der Waals surface area contributed by atoms with E-state index >= 15 is 0 Å². The van der Waals surface area contributed by atoms with Gasteiger partial charge in [-0.15, -0.1) is 0 Å². The van der Waals surface area contributed by atoms with Gasteiger partial charge in [-0.1, -0.05) is 18.2 Å². The first kappa shape index (κ1) is 15.0. The smallest absolute Gasteiger partial charge is 0.410 e. The van der Waals surface area contributed by atoms with E-state index in [1.807, 2.05) is 0 Å². The standard InChI is InChI=1S/C14H19NO4/c1-10(15-13(17)19-14(2,3)4)18-12(16)11-8-6-5-7-9-11/h5-10H,1-4H3,(H,15,17). The first-order chi connectivity index (χ1) is 8.78. The minimum atomic E-state index is -0.762. The van der Waals surface area contributed by atoms with Gasteiger partial charge in [-0.2, -0.15) is 0 Å². The van der Waals surface area contributed by atoms with Crippen molar-refractivity contribution >= 4 is 12.1 Å². The molecule has 5 heteroatoms. The number of hydrogen-bond donors (Lipinski definition) is 1. The number of rotatable bonds is 3. The van der Waals surface area contributed by atoms with Crippen molar-refractivity contribution in [1.82, 2.24) is 5.32 Å². The Hall–Kier alpha value is -2.04. The molecule has 104 valence electrons. The summed E-state index contributed by atoms with van der Waals surface area (Å²) < 4.78 is 10.1. The average molecular weight is 265 g/mol. The van der Waals surface area contributed by atoms with Gasteiger partial charge in [0.25, 0.3) is 0 Å². The summed E-state index contributed by atoms with van der Waals surface area (Å²) in [6, 6.07) is 8.56. The summed E-state index contributed by atoms with van der Waals surface area (Å²) in [4.78, 5) is 23.2. The number of ether oxygens (including phenoxy) is 2. The lowest BCUT2D eigenvalue weighted by atomic mass is 10.2. The largest absolute Gasteiger partial charge is 0.444 e. The molecule has 0 heterocycles. The van der Waals surface area contributed by atoms with Gasteiger partial charge in [-0.05, 0) is 39.8 Å². The lowest BCUT2D eigenvalue weighted by Crippen LogP contribution is -2.39. The number of esters is 1. The summed E-state index contributed by atoms with van der Waals surface area (Å²) >= 11 is 0. The van der Waals surface area contributed by atoms with Gasteiger partial charge >= 0.3 is 12.1 Å². The van der Waals surface area contributed by atoms with Crippen LogP contribution in [-0.2, 0) is 9.47 Å². The van der Waals surface area contributed by atoms with Crippen molar-refractivity contribution in [2.45, 2.75) is 39.5 Å². The molecule has 1 aromatic carbocycles. The number of hydrogen-bond acceptors (Lipinski definition) is 4. The Balaban J connectivity index is 2.45. The highest BCUT2D eigenvalue weighted by molar-refractivity contribution is 5.89. The summed E-state index contributed by atoms with van der Waals surface area (Å²) in [6.07, 6.45) is -1.39. The van der Waals surface area contributed by atoms with Gasteiger partial charge in [0.1, 0.15) is 5.60 Å². The number of nitrogens with one attached hydrogen (secondary N) is 1. The number of carbonyl (C=O) groups excluding carboxylic acids is 2. The van der Waals surface area contributed by atoms with E-state index in [9.17, 15) is 9.59 Å². The minimum Gasteiger partial charge on any atom is -0.444 e. The molecule has 0 saturated carbocycles. The van der Waals surface area contributed by atoms with Crippen LogP contribution in [-0.4, -0.2) is 23.9 Å². The van der Waals surface area contributed by atoms with Gasteiger partial charge < -0.3 is 9.47 Å². The van der Waals surface area contributed by atoms with E-state index in [-0.39, 0.29) is 0 Å². The zero-order chi connectivity index (χ0) is 14.5. The third-order valence-electron chi connectivity index (χ3n) is 2.01. The van der Waals surface area contributed by atoms with E-state index < -0.39 is 23.9 Å². The Morgan fingerprint density at radius 3 is 2.26 bits per heavy atom. The van der Waals surface area contributed by atoms with E-state index in [4.69, 9.17) is 9.47 Å². The van der Waals surface area contributed by atoms with Crippen LogP contribution in [0.1, 0.15) is 38.1 Å². The van der Waals surface area contributed by atoms with Crippen LogP contribution in [0.15, 0.2) is 30.3 Å². The van der Waals surface area contributed by atoms with Crippen LogP contribution in [0.25, 0.3) is 0 Å². The topological polar surface area (TPSA) is 64.6 Å². The van der Waals surface area contributed by atoms with Crippen LogP contribution in [0, 0.1) is 0 Å². The first-order valence-corrected chi connectivity index (χ1v) is 6.03. The molecule has 1 rings (SSSR count). The normalized spacial score (nSPS) is 12.4. The molecule has 1 amide bonds. The van der Waals surface area contributed by atoms with Crippen molar-refractivity contribution in [3.63, 3.8) is 0 Å². The highest BCUT2D eigenvalue weighted by atomic mass is 16.6. The maximum Gasteiger partial charge on any atom is 0.410 e. The second-order valence-electron chi connectivity index (χ2n) is 5.06. The SMILES string of the molecule is CC(NC(=O)OC(C)(C)C)OC(=O)c1ccccc1. The second-order valence-corrected chi connectivity index (χ2v) is 5.06. The molecule has 19 heavy (non-hydrogen) atoms. The molecule has 1 atom stereocenters. The first-order valence-electron chi connectivity index (χ1n) is 6.03. The van der Waals surface area contributed by atoms with E-state index in [0.717, 1.165) is 0 Å². The molecule has 1 aromatic rings. The molecular weight excluding hydrogens is 246 g/mol. The molecule has 1 N–H and O–H groups in total. The van der Waals surface area contributed by atoms with Crippen molar-refractivity contribution in [1.29, 1.82) is 0 Å². The fraction of sp³-hybridized carbons (Fsp3) is 0.429. The fourth-order valence-electron chi connectivity index (χ4n) is 1.31. The van der Waals surface area contributed by atoms with Gasteiger partial charge in [0.05, 0.1) is 5.56 Å². The Morgan fingerprint density at radius 2 is 1.74 bits per heavy atom. The third kappa shape index (κ3) is 5.90. The average Bonchev–Trinajstić information content (AvgIpc) is 2.27. The van der Waals surface area contributed by atoms with E-state index in [1.54, 1.807) is 58.0 Å². The lowest BCUT2D eigenvalue weighted by molar-refractivity contribution is 0.0148. The molecule has 0 aliphatic heterocycles. The summed E-state index contributed by atoms with van der Waals surface area (Å²) in [5.74, 6) is -0.496. The maximum atomic E-state index is 11.7. The highest BCUT2D eigenvalue weighted by Crippen LogP contribution is 2.07. The van der Waals surface area contributed by atoms with Gasteiger partial charge in [0, 0.05) is 0 Å². The number of alkyl carbamates (subject to hydrolysis) is 1. The number of benzene rings is 1. The zero-order valence-corrected chi connectivity index (χ0v) is 11.6. The molecule has 0 aromatic heterocycles. The third-order valence-corrected chi connectivity index (χ3v) is 2.01. The Morgan fingerprint density at radius 1 is 1.16 bits per heavy atom. The van der Waals surface area contributed by atoms with Crippen molar-refractivity contribution in [3.8, 4) is 0 Å². The predicted molar refractivity (Wildman–Crippen MR) is 70.7 cm³/mol. The fourth-order valence-corrected chi connectivity index (χ4v) is 1.31. The van der Waals surface area contributed by atoms with Gasteiger partial charge in [0.15, 0.2) is 6.23 Å². The Bertz CT molecular complexity index is 437. The zero-order valence-electron chi connectivity index (χ0n) is 11.6. The van der Waals surface area contributed by atoms with Crippen molar-refractivity contribution in [2.24, 2.45) is 0 Å². The predicted octanol–water partition coefficient (Wildman–Crippen LogP) is 2.71. The Kier molecular flexibility index (Phi) is 4.92. The Labute approximate surface area is 112 Å². The molecule has 0 spiro atoms. The van der Waals surface area contributed by atoms with Crippen LogP contribution in [0.3, 0.4) is 0 Å². The molecule has 5 nitrogen and oxygen atoms in total. The quantitative estimate of drug-likeness (QED) is 0.674. The van der Waals surface area contributed by atoms with Crippen molar-refractivity contribution in [3.05, 3.63) is 35.9 Å². The minimum absolute atomic E-state index is 0.431. The molecule has 0 aliphatic rings. The van der Waals surface area contributed by atoms with Crippen molar-refractivity contribution < 1.29 is 19.1 Å². The van der Waals surface area contributed by atoms with E-state index in [2.05, 4.69) is 5.32 Å².